The molecule has 286 valence electrons. The highest BCUT2D eigenvalue weighted by Gasteiger charge is 2.29. The van der Waals surface area contributed by atoms with Gasteiger partial charge in [-0.2, -0.15) is 5.10 Å². The first-order chi connectivity index (χ1) is 25.4. The Morgan fingerprint density at radius 2 is 1.53 bits per heavy atom. The second kappa shape index (κ2) is 17.2. The molecular formula is C39H53FN8O5. The lowest BCUT2D eigenvalue weighted by molar-refractivity contribution is -0.134. The van der Waals surface area contributed by atoms with E-state index in [0.29, 0.717) is 73.6 Å². The van der Waals surface area contributed by atoms with E-state index in [1.54, 1.807) is 29.2 Å². The molecule has 0 radical (unpaired) electrons. The third-order valence-corrected chi connectivity index (χ3v) is 10.5. The predicted octanol–water partition coefficient (Wildman–Crippen LogP) is 2.79. The number of carbonyl (C=O) groups is 3. The molecule has 3 fully saturated rings. The van der Waals surface area contributed by atoms with E-state index in [0.717, 1.165) is 65.2 Å². The van der Waals surface area contributed by atoms with Crippen molar-refractivity contribution in [2.45, 2.75) is 45.6 Å². The van der Waals surface area contributed by atoms with Gasteiger partial charge >= 0.3 is 6.09 Å². The Hall–Kier alpha value is -4.40. The summed E-state index contributed by atoms with van der Waals surface area (Å²) in [7, 11) is 0. The van der Waals surface area contributed by atoms with Gasteiger partial charge in [-0.25, -0.2) is 14.3 Å². The van der Waals surface area contributed by atoms with E-state index < -0.39 is 17.3 Å². The summed E-state index contributed by atoms with van der Waals surface area (Å²) in [6.07, 6.45) is 2.08. The van der Waals surface area contributed by atoms with E-state index in [2.05, 4.69) is 30.2 Å². The van der Waals surface area contributed by atoms with Gasteiger partial charge in [-0.05, 0) is 76.4 Å². The molecule has 53 heavy (non-hydrogen) atoms. The highest BCUT2D eigenvalue weighted by Crippen LogP contribution is 2.22. The first kappa shape index (κ1) is 38.3. The molecule has 0 bridgehead atoms. The number of piperidine rings is 1. The quantitative estimate of drug-likeness (QED) is 0.323. The maximum atomic E-state index is 15.0. The van der Waals surface area contributed by atoms with Crippen LogP contribution >= 0.6 is 0 Å². The number of H-pyrrole nitrogens is 1. The number of benzene rings is 2. The molecule has 1 aromatic heterocycles. The number of hydrogen-bond acceptors (Lipinski definition) is 9. The molecule has 0 spiro atoms. The van der Waals surface area contributed by atoms with Gasteiger partial charge in [0.1, 0.15) is 11.4 Å². The number of likely N-dealkylation sites (tertiary alicyclic amines) is 1. The third-order valence-electron chi connectivity index (χ3n) is 10.5. The van der Waals surface area contributed by atoms with Crippen molar-refractivity contribution in [1.29, 1.82) is 0 Å². The fourth-order valence-corrected chi connectivity index (χ4v) is 7.48. The van der Waals surface area contributed by atoms with Gasteiger partial charge < -0.3 is 24.8 Å². The van der Waals surface area contributed by atoms with Gasteiger partial charge in [0.25, 0.3) is 11.5 Å². The average Bonchev–Trinajstić information content (AvgIpc) is 3.14. The predicted molar refractivity (Wildman–Crippen MR) is 200 cm³/mol. The minimum absolute atomic E-state index is 0.00616. The van der Waals surface area contributed by atoms with Gasteiger partial charge in [-0.1, -0.05) is 24.3 Å². The number of halogens is 1. The van der Waals surface area contributed by atoms with Crippen molar-refractivity contribution in [3.63, 3.8) is 0 Å². The maximum absolute atomic E-state index is 15.0. The second-order valence-electron chi connectivity index (χ2n) is 15.5. The van der Waals surface area contributed by atoms with Gasteiger partial charge in [0.15, 0.2) is 0 Å². The summed E-state index contributed by atoms with van der Waals surface area (Å²) in [5.74, 6) is -0.300. The van der Waals surface area contributed by atoms with Crippen LogP contribution in [0.25, 0.3) is 10.8 Å². The molecular weight excluding hydrogens is 679 g/mol. The number of nitrogens with one attached hydrogen (secondary N) is 2. The molecule has 0 atom stereocenters. The molecule has 3 amide bonds. The lowest BCUT2D eigenvalue weighted by Gasteiger charge is -2.39. The summed E-state index contributed by atoms with van der Waals surface area (Å²) in [5.41, 5.74) is 0.572. The van der Waals surface area contributed by atoms with Crippen molar-refractivity contribution in [3.8, 4) is 0 Å². The van der Waals surface area contributed by atoms with E-state index in [-0.39, 0.29) is 23.1 Å². The van der Waals surface area contributed by atoms with E-state index in [4.69, 9.17) is 4.74 Å². The molecule has 6 rings (SSSR count). The van der Waals surface area contributed by atoms with E-state index >= 15 is 0 Å². The molecule has 2 N–H and O–H groups in total. The number of ether oxygens (including phenoxy) is 1. The van der Waals surface area contributed by atoms with Gasteiger partial charge in [-0.15, -0.1) is 0 Å². The molecule has 3 saturated heterocycles. The Morgan fingerprint density at radius 1 is 0.868 bits per heavy atom. The number of aromatic amines is 1. The number of alkyl carbamates (subject to hydrolysis) is 1. The van der Waals surface area contributed by atoms with Crippen LogP contribution in [0.2, 0.25) is 0 Å². The Labute approximate surface area is 310 Å². The molecule has 0 unspecified atom stereocenters. The fourth-order valence-electron chi connectivity index (χ4n) is 7.48. The maximum Gasteiger partial charge on any atom is 0.407 e. The van der Waals surface area contributed by atoms with Crippen molar-refractivity contribution in [3.05, 3.63) is 75.5 Å². The zero-order valence-corrected chi connectivity index (χ0v) is 31.2. The fraction of sp³-hybridized carbons (Fsp3) is 0.564. The zero-order chi connectivity index (χ0) is 37.5. The Balaban J connectivity index is 0.894. The third kappa shape index (κ3) is 10.4. The minimum atomic E-state index is -0.591. The molecule has 3 aromatic rings. The molecule has 14 heteroatoms. The lowest BCUT2D eigenvalue weighted by atomic mass is 9.96. The van der Waals surface area contributed by atoms with Crippen LogP contribution in [-0.2, 0) is 16.0 Å². The van der Waals surface area contributed by atoms with Gasteiger partial charge in [-0.3, -0.25) is 24.2 Å². The van der Waals surface area contributed by atoms with E-state index in [9.17, 15) is 23.6 Å². The minimum Gasteiger partial charge on any atom is -0.444 e. The van der Waals surface area contributed by atoms with Gasteiger partial charge in [0.2, 0.25) is 5.91 Å². The standard InChI is InChI=1S/C39H53FN8O5/c1-39(2,3)53-38(52)41-12-15-44-16-18-46(19-17-44)26-28-10-13-45(14-11-28)27-35(49)47-20-22-48(23-21-47)37(51)32-24-29(8-9-33(32)40)25-34-30-6-4-5-7-31(30)36(50)43-42-34/h4-9,24,28H,10-23,25-27H2,1-3H3,(H,41,52)(H,43,50). The summed E-state index contributed by atoms with van der Waals surface area (Å²) >= 11 is 0. The number of piperazine rings is 2. The van der Waals surface area contributed by atoms with Crippen LogP contribution < -0.4 is 10.9 Å². The number of carbonyl (C=O) groups excluding carboxylic acids is 3. The van der Waals surface area contributed by atoms with Crippen LogP contribution in [0.5, 0.6) is 0 Å². The molecule has 2 aromatic carbocycles. The first-order valence-corrected chi connectivity index (χ1v) is 18.9. The summed E-state index contributed by atoms with van der Waals surface area (Å²) in [5, 5.41) is 10.8. The largest absolute Gasteiger partial charge is 0.444 e. The number of aromatic nitrogens is 2. The number of nitrogens with zero attached hydrogens (tertiary/aromatic N) is 6. The van der Waals surface area contributed by atoms with Crippen LogP contribution in [0, 0.1) is 11.7 Å². The lowest BCUT2D eigenvalue weighted by Crippen LogP contribution is -2.53. The van der Waals surface area contributed by atoms with Crippen LogP contribution in [0.4, 0.5) is 9.18 Å². The molecule has 3 aliphatic heterocycles. The summed E-state index contributed by atoms with van der Waals surface area (Å²) in [6, 6.07) is 11.7. The average molecular weight is 733 g/mol. The summed E-state index contributed by atoms with van der Waals surface area (Å²) in [4.78, 5) is 61.4. The Bertz CT molecular complexity index is 1810. The molecule has 0 saturated carbocycles. The number of amides is 3. The van der Waals surface area contributed by atoms with Crippen molar-refractivity contribution in [2.24, 2.45) is 5.92 Å². The summed E-state index contributed by atoms with van der Waals surface area (Å²) in [6.45, 7) is 15.7. The second-order valence-corrected chi connectivity index (χ2v) is 15.5. The van der Waals surface area contributed by atoms with Crippen LogP contribution in [0.15, 0.2) is 47.3 Å². The highest BCUT2D eigenvalue weighted by atomic mass is 19.1. The normalized spacial score (nSPS) is 18.3. The topological polar surface area (TPSA) is 134 Å². The number of hydrogen-bond donors (Lipinski definition) is 2. The molecule has 4 heterocycles. The SMILES string of the molecule is CC(C)(C)OC(=O)NCCN1CCN(CC2CCN(CC(=O)N3CCN(C(=O)c4cc(Cc5n[nH]c(=O)c6ccccc56)ccc4F)CC3)CC2)CC1. The monoisotopic (exact) mass is 732 g/mol. The van der Waals surface area contributed by atoms with Crippen molar-refractivity contribution >= 4 is 28.7 Å². The smallest absolute Gasteiger partial charge is 0.407 e. The van der Waals surface area contributed by atoms with Gasteiger partial charge in [0.05, 0.1) is 23.2 Å². The first-order valence-electron chi connectivity index (χ1n) is 18.9. The Kier molecular flexibility index (Phi) is 12.4. The van der Waals surface area contributed by atoms with Crippen molar-refractivity contribution < 1.29 is 23.5 Å². The van der Waals surface area contributed by atoms with Gasteiger partial charge in [0, 0.05) is 83.8 Å². The summed E-state index contributed by atoms with van der Waals surface area (Å²) < 4.78 is 20.3. The molecule has 0 aliphatic carbocycles. The van der Waals surface area contributed by atoms with E-state index in [1.807, 2.05) is 37.8 Å². The number of fused-ring (bicyclic) bond motifs is 1. The van der Waals surface area contributed by atoms with Crippen LogP contribution in [0.3, 0.4) is 0 Å². The van der Waals surface area contributed by atoms with Crippen LogP contribution in [-0.4, -0.2) is 150 Å². The van der Waals surface area contributed by atoms with Crippen molar-refractivity contribution in [2.75, 3.05) is 91.6 Å². The zero-order valence-electron chi connectivity index (χ0n) is 31.2. The highest BCUT2D eigenvalue weighted by molar-refractivity contribution is 5.95. The van der Waals surface area contributed by atoms with Crippen molar-refractivity contribution in [1.82, 2.24) is 40.0 Å². The molecule has 13 nitrogen and oxygen atoms in total. The molecule has 3 aliphatic rings. The number of rotatable bonds is 10. The Morgan fingerprint density at radius 3 is 2.23 bits per heavy atom. The van der Waals surface area contributed by atoms with E-state index in [1.165, 1.54) is 6.07 Å². The van der Waals surface area contributed by atoms with Crippen LogP contribution in [0.1, 0.15) is 55.2 Å².